The Kier molecular flexibility index (Phi) is 4.71. The quantitative estimate of drug-likeness (QED) is 0.864. The van der Waals surface area contributed by atoms with Gasteiger partial charge in [-0.15, -0.1) is 11.8 Å². The van der Waals surface area contributed by atoms with Crippen molar-refractivity contribution in [2.75, 3.05) is 12.3 Å². The predicted molar refractivity (Wildman–Crippen MR) is 76.1 cm³/mol. The van der Waals surface area contributed by atoms with Crippen LogP contribution in [0.15, 0.2) is 29.2 Å². The van der Waals surface area contributed by atoms with Gasteiger partial charge in [0.2, 0.25) is 11.8 Å². The van der Waals surface area contributed by atoms with Gasteiger partial charge in [0.05, 0.1) is 10.8 Å². The van der Waals surface area contributed by atoms with Crippen LogP contribution in [0.3, 0.4) is 0 Å². The molecule has 0 radical (unpaired) electrons. The number of likely N-dealkylation sites (tertiary alicyclic amines) is 1. The summed E-state index contributed by atoms with van der Waals surface area (Å²) in [6, 6.07) is 6.93. The van der Waals surface area contributed by atoms with E-state index in [9.17, 15) is 9.59 Å². The second-order valence-electron chi connectivity index (χ2n) is 4.37. The normalized spacial score (nSPS) is 18.6. The zero-order chi connectivity index (χ0) is 13.8. The minimum absolute atomic E-state index is 0.0637. The van der Waals surface area contributed by atoms with Gasteiger partial charge < -0.3 is 10.6 Å². The molecule has 1 aliphatic heterocycles. The molecule has 2 rings (SSSR count). The molecule has 102 valence electrons. The Balaban J connectivity index is 1.95. The number of nitrogens with zero attached hydrogens (tertiary/aromatic N) is 1. The zero-order valence-electron chi connectivity index (χ0n) is 10.3. The Bertz CT molecular complexity index is 495. The van der Waals surface area contributed by atoms with E-state index >= 15 is 0 Å². The largest absolute Gasteiger partial charge is 0.368 e. The molecular formula is C13H15ClN2O2S. The summed E-state index contributed by atoms with van der Waals surface area (Å²) in [7, 11) is 0. The molecule has 2 N–H and O–H groups in total. The van der Waals surface area contributed by atoms with Crippen molar-refractivity contribution >= 4 is 35.2 Å². The number of amides is 2. The fourth-order valence-corrected chi connectivity index (χ4v) is 3.27. The highest BCUT2D eigenvalue weighted by Gasteiger charge is 2.32. The predicted octanol–water partition coefficient (Wildman–Crippen LogP) is 1.91. The molecule has 1 aliphatic rings. The monoisotopic (exact) mass is 298 g/mol. The van der Waals surface area contributed by atoms with E-state index in [0.717, 1.165) is 11.3 Å². The van der Waals surface area contributed by atoms with Crippen LogP contribution in [0.2, 0.25) is 5.02 Å². The molecule has 19 heavy (non-hydrogen) atoms. The highest BCUT2D eigenvalue weighted by atomic mass is 35.5. The summed E-state index contributed by atoms with van der Waals surface area (Å²) in [6.07, 6.45) is 1.49. The van der Waals surface area contributed by atoms with Crippen molar-refractivity contribution in [1.82, 2.24) is 4.90 Å². The maximum Gasteiger partial charge on any atom is 0.240 e. The van der Waals surface area contributed by atoms with Crippen molar-refractivity contribution in [3.63, 3.8) is 0 Å². The number of primary amides is 1. The molecule has 1 aromatic rings. The topological polar surface area (TPSA) is 63.4 Å². The van der Waals surface area contributed by atoms with E-state index in [1.807, 2.05) is 18.2 Å². The lowest BCUT2D eigenvalue weighted by atomic mass is 10.2. The van der Waals surface area contributed by atoms with Crippen LogP contribution in [-0.2, 0) is 9.59 Å². The first-order chi connectivity index (χ1) is 9.09. The smallest absolute Gasteiger partial charge is 0.240 e. The van der Waals surface area contributed by atoms with Crippen LogP contribution in [0.25, 0.3) is 0 Å². The molecule has 0 aliphatic carbocycles. The molecule has 2 amide bonds. The average Bonchev–Trinajstić information content (AvgIpc) is 2.87. The van der Waals surface area contributed by atoms with E-state index in [2.05, 4.69) is 0 Å². The number of carbonyl (C=O) groups is 2. The minimum Gasteiger partial charge on any atom is -0.368 e. The van der Waals surface area contributed by atoms with Gasteiger partial charge in [-0.1, -0.05) is 23.7 Å². The fourth-order valence-electron chi connectivity index (χ4n) is 2.15. The van der Waals surface area contributed by atoms with Crippen molar-refractivity contribution in [2.24, 2.45) is 5.73 Å². The number of hydrogen-bond acceptors (Lipinski definition) is 3. The number of benzene rings is 1. The molecule has 0 bridgehead atoms. The molecule has 6 heteroatoms. The van der Waals surface area contributed by atoms with Gasteiger partial charge in [0.25, 0.3) is 0 Å². The van der Waals surface area contributed by atoms with Gasteiger partial charge in [-0.3, -0.25) is 9.59 Å². The lowest BCUT2D eigenvalue weighted by Crippen LogP contribution is -2.44. The molecule has 4 nitrogen and oxygen atoms in total. The van der Waals surface area contributed by atoms with Crippen molar-refractivity contribution in [1.29, 1.82) is 0 Å². The van der Waals surface area contributed by atoms with Crippen molar-refractivity contribution in [3.8, 4) is 0 Å². The molecule has 1 unspecified atom stereocenters. The molecule has 1 heterocycles. The molecular weight excluding hydrogens is 284 g/mol. The van der Waals surface area contributed by atoms with Gasteiger partial charge in [-0.2, -0.15) is 0 Å². The third-order valence-electron chi connectivity index (χ3n) is 3.09. The second-order valence-corrected chi connectivity index (χ2v) is 5.79. The Morgan fingerprint density at radius 3 is 2.84 bits per heavy atom. The molecule has 1 aromatic carbocycles. The maximum atomic E-state index is 12.1. The molecule has 0 spiro atoms. The van der Waals surface area contributed by atoms with Crippen LogP contribution >= 0.6 is 23.4 Å². The lowest BCUT2D eigenvalue weighted by molar-refractivity contribution is -0.135. The zero-order valence-corrected chi connectivity index (χ0v) is 11.9. The van der Waals surface area contributed by atoms with Gasteiger partial charge in [-0.25, -0.2) is 0 Å². The van der Waals surface area contributed by atoms with Crippen LogP contribution in [0, 0.1) is 0 Å². The summed E-state index contributed by atoms with van der Waals surface area (Å²) in [5, 5.41) is 0.633. The van der Waals surface area contributed by atoms with Crippen LogP contribution in [-0.4, -0.2) is 35.1 Å². The fraction of sp³-hybridized carbons (Fsp3) is 0.385. The number of rotatable bonds is 4. The third-order valence-corrected chi connectivity index (χ3v) is 4.59. The minimum atomic E-state index is -0.445. The van der Waals surface area contributed by atoms with Crippen LogP contribution in [0.4, 0.5) is 0 Å². The number of halogens is 1. The van der Waals surface area contributed by atoms with Gasteiger partial charge in [-0.05, 0) is 25.0 Å². The van der Waals surface area contributed by atoms with Crippen molar-refractivity contribution < 1.29 is 9.59 Å². The number of thioether (sulfide) groups is 1. The first kappa shape index (κ1) is 14.2. The van der Waals surface area contributed by atoms with Crippen LogP contribution < -0.4 is 5.73 Å². The van der Waals surface area contributed by atoms with Gasteiger partial charge >= 0.3 is 0 Å². The van der Waals surface area contributed by atoms with Gasteiger partial charge in [0, 0.05) is 11.4 Å². The maximum absolute atomic E-state index is 12.1. The van der Waals surface area contributed by atoms with E-state index in [1.165, 1.54) is 11.8 Å². The highest BCUT2D eigenvalue weighted by molar-refractivity contribution is 8.00. The Hall–Kier alpha value is -1.20. The molecule has 1 atom stereocenters. The van der Waals surface area contributed by atoms with Gasteiger partial charge in [0.15, 0.2) is 0 Å². The Labute approximate surface area is 121 Å². The summed E-state index contributed by atoms with van der Waals surface area (Å²) in [5.74, 6) is -0.215. The number of hydrogen-bond donors (Lipinski definition) is 1. The van der Waals surface area contributed by atoms with E-state index in [4.69, 9.17) is 17.3 Å². The number of carbonyl (C=O) groups excluding carboxylic acids is 2. The first-order valence-corrected chi connectivity index (χ1v) is 7.42. The van der Waals surface area contributed by atoms with Crippen molar-refractivity contribution in [2.45, 2.75) is 23.8 Å². The summed E-state index contributed by atoms with van der Waals surface area (Å²) >= 11 is 7.41. The van der Waals surface area contributed by atoms with Gasteiger partial charge in [0.1, 0.15) is 6.04 Å². The van der Waals surface area contributed by atoms with Crippen LogP contribution in [0.5, 0.6) is 0 Å². The summed E-state index contributed by atoms with van der Waals surface area (Å²) in [5.41, 5.74) is 5.30. The highest BCUT2D eigenvalue weighted by Crippen LogP contribution is 2.27. The second kappa shape index (κ2) is 6.30. The lowest BCUT2D eigenvalue weighted by Gasteiger charge is -2.22. The molecule has 0 saturated carbocycles. The molecule has 1 saturated heterocycles. The summed E-state index contributed by atoms with van der Waals surface area (Å²) in [6.45, 7) is 0.607. The summed E-state index contributed by atoms with van der Waals surface area (Å²) < 4.78 is 0. The summed E-state index contributed by atoms with van der Waals surface area (Å²) in [4.78, 5) is 25.8. The molecule has 1 fully saturated rings. The SMILES string of the molecule is NC(=O)C1CCCN1C(=O)CSc1ccccc1Cl. The molecule has 0 aromatic heterocycles. The van der Waals surface area contributed by atoms with E-state index < -0.39 is 11.9 Å². The Morgan fingerprint density at radius 2 is 2.16 bits per heavy atom. The third kappa shape index (κ3) is 3.42. The Morgan fingerprint density at radius 1 is 1.42 bits per heavy atom. The van der Waals surface area contributed by atoms with Crippen molar-refractivity contribution in [3.05, 3.63) is 29.3 Å². The average molecular weight is 299 g/mol. The standard InChI is InChI=1S/C13H15ClN2O2S/c14-9-4-1-2-6-11(9)19-8-12(17)16-7-3-5-10(16)13(15)18/h1-2,4,6,10H,3,5,7-8H2,(H2,15,18). The first-order valence-electron chi connectivity index (χ1n) is 6.05. The van der Waals surface area contributed by atoms with E-state index in [0.29, 0.717) is 18.0 Å². The van der Waals surface area contributed by atoms with Crippen LogP contribution in [0.1, 0.15) is 12.8 Å². The number of nitrogens with two attached hydrogens (primary N) is 1. The van der Waals surface area contributed by atoms with E-state index in [-0.39, 0.29) is 11.7 Å². The van der Waals surface area contributed by atoms with E-state index in [1.54, 1.807) is 11.0 Å².